The van der Waals surface area contributed by atoms with Crippen LogP contribution in [0.4, 0.5) is 0 Å². The normalized spacial score (nSPS) is 13.9. The Morgan fingerprint density at radius 2 is 0.447 bits per heavy atom. The fourth-order valence-electron chi connectivity index (χ4n) is 13.1. The van der Waals surface area contributed by atoms with Gasteiger partial charge in [0.05, 0.1) is 26.4 Å². The number of esters is 4. The summed E-state index contributed by atoms with van der Waals surface area (Å²) in [5.74, 6) is -0.489. The first kappa shape index (κ1) is 101. The van der Waals surface area contributed by atoms with Gasteiger partial charge in [-0.25, -0.2) is 9.13 Å². The molecule has 0 aromatic rings. The summed E-state index contributed by atoms with van der Waals surface area (Å²) in [4.78, 5) is 73.1. The predicted molar refractivity (Wildman–Crippen MR) is 423 cm³/mol. The van der Waals surface area contributed by atoms with Crippen molar-refractivity contribution >= 4 is 39.5 Å². The van der Waals surface area contributed by atoms with Crippen LogP contribution in [0.25, 0.3) is 0 Å². The number of aliphatic hydroxyl groups is 1. The molecular formula is C84H164O17P2. The minimum absolute atomic E-state index is 0.109. The van der Waals surface area contributed by atoms with Crippen molar-refractivity contribution < 1.29 is 80.2 Å². The lowest BCUT2D eigenvalue weighted by atomic mass is 10.0. The van der Waals surface area contributed by atoms with Gasteiger partial charge in [0, 0.05) is 25.7 Å². The van der Waals surface area contributed by atoms with Crippen LogP contribution < -0.4 is 0 Å². The van der Waals surface area contributed by atoms with E-state index in [1.165, 1.54) is 263 Å². The highest BCUT2D eigenvalue weighted by molar-refractivity contribution is 7.47. The smallest absolute Gasteiger partial charge is 0.462 e. The molecule has 5 atom stereocenters. The third-order valence-electron chi connectivity index (χ3n) is 19.7. The van der Waals surface area contributed by atoms with Crippen molar-refractivity contribution in [2.45, 2.75) is 464 Å². The molecule has 103 heavy (non-hydrogen) atoms. The number of ether oxygens (including phenoxy) is 4. The Bertz CT molecular complexity index is 1980. The second-order valence-corrected chi connectivity index (χ2v) is 34.1. The lowest BCUT2D eigenvalue weighted by Crippen LogP contribution is -2.30. The SMILES string of the molecule is CCCCCCCCCCCCCCCCCCCC(=O)O[C@H](COC(=O)CCCCCCCCCCC)COP(=O)(O)OC[C@H](O)COP(=O)(O)OC[C@@H](COC(=O)CCCCCCCCCCCCCCCCCC(C)C)OC(=O)CCCCCCCCCCCCCCCCCCC(C)C. The van der Waals surface area contributed by atoms with E-state index < -0.39 is 97.5 Å². The van der Waals surface area contributed by atoms with E-state index in [4.69, 9.17) is 37.0 Å². The Morgan fingerprint density at radius 1 is 0.262 bits per heavy atom. The predicted octanol–water partition coefficient (Wildman–Crippen LogP) is 25.5. The zero-order chi connectivity index (χ0) is 75.6. The van der Waals surface area contributed by atoms with Gasteiger partial charge in [-0.2, -0.15) is 0 Å². The van der Waals surface area contributed by atoms with Crippen LogP contribution in [0.3, 0.4) is 0 Å². The average Bonchev–Trinajstić information content (AvgIpc) is 0.919. The van der Waals surface area contributed by atoms with E-state index in [-0.39, 0.29) is 25.7 Å². The van der Waals surface area contributed by atoms with Crippen LogP contribution in [0.5, 0.6) is 0 Å². The molecule has 19 heteroatoms. The van der Waals surface area contributed by atoms with Crippen LogP contribution in [0.2, 0.25) is 0 Å². The molecule has 0 aliphatic rings. The number of phosphoric ester groups is 2. The van der Waals surface area contributed by atoms with E-state index in [1.54, 1.807) is 0 Å². The summed E-state index contributed by atoms with van der Waals surface area (Å²) >= 11 is 0. The summed E-state index contributed by atoms with van der Waals surface area (Å²) in [6, 6.07) is 0. The second-order valence-electron chi connectivity index (χ2n) is 31.2. The minimum Gasteiger partial charge on any atom is -0.462 e. The topological polar surface area (TPSA) is 237 Å². The maximum absolute atomic E-state index is 13.1. The molecule has 0 fully saturated rings. The van der Waals surface area contributed by atoms with Gasteiger partial charge in [-0.3, -0.25) is 37.3 Å². The summed E-state index contributed by atoms with van der Waals surface area (Å²) in [6.45, 7) is 9.70. The number of unbranched alkanes of at least 4 members (excludes halogenated alkanes) is 53. The van der Waals surface area contributed by atoms with Gasteiger partial charge >= 0.3 is 39.5 Å². The second kappa shape index (κ2) is 75.5. The van der Waals surface area contributed by atoms with Crippen LogP contribution in [0, 0.1) is 11.8 Å². The number of carbonyl (C=O) groups excluding carboxylic acids is 4. The van der Waals surface area contributed by atoms with Crippen molar-refractivity contribution in [2.75, 3.05) is 39.6 Å². The minimum atomic E-state index is -4.96. The van der Waals surface area contributed by atoms with E-state index in [1.807, 2.05) is 0 Å². The Hall–Kier alpha value is -1.94. The molecule has 0 saturated heterocycles. The van der Waals surface area contributed by atoms with E-state index in [0.29, 0.717) is 25.7 Å². The summed E-state index contributed by atoms with van der Waals surface area (Å²) in [7, 11) is -9.92. The molecule has 0 saturated carbocycles. The van der Waals surface area contributed by atoms with Crippen LogP contribution in [-0.4, -0.2) is 96.7 Å². The van der Waals surface area contributed by atoms with E-state index in [0.717, 1.165) is 102 Å². The van der Waals surface area contributed by atoms with Crippen molar-refractivity contribution in [3.05, 3.63) is 0 Å². The third kappa shape index (κ3) is 78.0. The first-order chi connectivity index (χ1) is 49.9. The maximum atomic E-state index is 13.1. The highest BCUT2D eigenvalue weighted by Gasteiger charge is 2.30. The van der Waals surface area contributed by atoms with Crippen molar-refractivity contribution in [3.63, 3.8) is 0 Å². The number of hydrogen-bond donors (Lipinski definition) is 3. The van der Waals surface area contributed by atoms with E-state index >= 15 is 0 Å². The molecule has 2 unspecified atom stereocenters. The number of carbonyl (C=O) groups is 4. The van der Waals surface area contributed by atoms with Gasteiger partial charge in [0.15, 0.2) is 12.2 Å². The Kier molecular flexibility index (Phi) is 74.1. The molecule has 0 aromatic carbocycles. The van der Waals surface area contributed by atoms with Crippen LogP contribution in [-0.2, 0) is 65.4 Å². The number of aliphatic hydroxyl groups excluding tert-OH is 1. The van der Waals surface area contributed by atoms with E-state index in [9.17, 15) is 43.2 Å². The molecule has 0 spiro atoms. The van der Waals surface area contributed by atoms with Crippen molar-refractivity contribution in [3.8, 4) is 0 Å². The lowest BCUT2D eigenvalue weighted by molar-refractivity contribution is -0.161. The molecule has 3 N–H and O–H groups in total. The van der Waals surface area contributed by atoms with Gasteiger partial charge in [0.25, 0.3) is 0 Å². The molecule has 0 heterocycles. The molecule has 0 radical (unpaired) electrons. The van der Waals surface area contributed by atoms with Gasteiger partial charge in [0.2, 0.25) is 0 Å². The largest absolute Gasteiger partial charge is 0.472 e. The summed E-state index contributed by atoms with van der Waals surface area (Å²) in [5.41, 5.74) is 0. The Morgan fingerprint density at radius 3 is 0.660 bits per heavy atom. The maximum Gasteiger partial charge on any atom is 0.472 e. The lowest BCUT2D eigenvalue weighted by Gasteiger charge is -2.21. The zero-order valence-corrected chi connectivity index (χ0v) is 69.4. The summed E-state index contributed by atoms with van der Waals surface area (Å²) in [6.07, 6.45) is 66.6. The molecule has 0 bridgehead atoms. The first-order valence-corrected chi connectivity index (χ1v) is 46.5. The molecule has 0 aliphatic carbocycles. The van der Waals surface area contributed by atoms with Crippen molar-refractivity contribution in [1.82, 2.24) is 0 Å². The standard InChI is InChI=1S/C84H164O17P2/c1-7-9-11-13-15-17-18-19-20-21-27-33-38-44-50-56-62-68-83(88)100-79(72-94-81(86)66-60-54-48-40-16-14-12-10-8-2)74-98-102(90,91)96-70-78(85)71-97-103(92,93)99-75-80(73-95-82(87)67-61-55-49-43-37-32-29-24-26-31-36-42-47-53-59-65-77(5)6)101-84(89)69-63-57-51-45-39-34-28-23-22-25-30-35-41-46-52-58-64-76(3)4/h76-80,85H,7-75H2,1-6H3,(H,90,91)(H,92,93)/t78-,79+,80+/m0/s1. The molecule has 612 valence electrons. The highest BCUT2D eigenvalue weighted by atomic mass is 31.2. The number of hydrogen-bond acceptors (Lipinski definition) is 15. The summed E-state index contributed by atoms with van der Waals surface area (Å²) < 4.78 is 68.8. The molecule has 0 rings (SSSR count). The summed E-state index contributed by atoms with van der Waals surface area (Å²) in [5, 5.41) is 10.7. The van der Waals surface area contributed by atoms with Gasteiger partial charge in [0.1, 0.15) is 19.3 Å². The zero-order valence-electron chi connectivity index (χ0n) is 67.6. The Balaban J connectivity index is 5.22. The molecular weight excluding hydrogens is 1340 g/mol. The Labute approximate surface area is 632 Å². The monoisotopic (exact) mass is 1510 g/mol. The van der Waals surface area contributed by atoms with Crippen molar-refractivity contribution in [1.29, 1.82) is 0 Å². The number of rotatable bonds is 83. The first-order valence-electron chi connectivity index (χ1n) is 43.5. The number of phosphoric acid groups is 2. The fraction of sp³-hybridized carbons (Fsp3) is 0.952. The average molecular weight is 1510 g/mol. The highest BCUT2D eigenvalue weighted by Crippen LogP contribution is 2.45. The van der Waals surface area contributed by atoms with Crippen LogP contribution in [0.15, 0.2) is 0 Å². The van der Waals surface area contributed by atoms with Gasteiger partial charge < -0.3 is 33.8 Å². The molecule has 17 nitrogen and oxygen atoms in total. The fourth-order valence-corrected chi connectivity index (χ4v) is 14.6. The quantitative estimate of drug-likeness (QED) is 0.0222. The van der Waals surface area contributed by atoms with Crippen molar-refractivity contribution in [2.24, 2.45) is 11.8 Å². The van der Waals surface area contributed by atoms with E-state index in [2.05, 4.69) is 41.5 Å². The third-order valence-corrected chi connectivity index (χ3v) is 21.6. The van der Waals surface area contributed by atoms with Gasteiger partial charge in [-0.05, 0) is 37.5 Å². The van der Waals surface area contributed by atoms with Gasteiger partial charge in [-0.15, -0.1) is 0 Å². The molecule has 0 aliphatic heterocycles. The van der Waals surface area contributed by atoms with Gasteiger partial charge in [-0.1, -0.05) is 395 Å². The van der Waals surface area contributed by atoms with Crippen LogP contribution >= 0.6 is 15.6 Å². The molecule has 0 aromatic heterocycles. The van der Waals surface area contributed by atoms with Crippen LogP contribution in [0.1, 0.15) is 446 Å². The molecule has 0 amide bonds.